The van der Waals surface area contributed by atoms with Gasteiger partial charge in [0.25, 0.3) is 0 Å². The first-order valence-electron chi connectivity index (χ1n) is 8.52. The van der Waals surface area contributed by atoms with E-state index in [2.05, 4.69) is 10.3 Å². The summed E-state index contributed by atoms with van der Waals surface area (Å²) in [4.78, 5) is 28.2. The minimum absolute atomic E-state index is 0.150. The molecule has 5 nitrogen and oxygen atoms in total. The Morgan fingerprint density at radius 3 is 2.46 bits per heavy atom. The van der Waals surface area contributed by atoms with Crippen molar-refractivity contribution in [2.75, 3.05) is 0 Å². The maximum Gasteiger partial charge on any atom is 0.326 e. The molecular formula is C21H20N2O3. The van der Waals surface area contributed by atoms with Crippen LogP contribution in [0.4, 0.5) is 0 Å². The number of carboxylic acids is 1. The minimum Gasteiger partial charge on any atom is -0.480 e. The van der Waals surface area contributed by atoms with Crippen molar-refractivity contribution in [3.05, 3.63) is 78.0 Å². The van der Waals surface area contributed by atoms with E-state index in [4.69, 9.17) is 0 Å². The Balaban J connectivity index is 1.62. The smallest absolute Gasteiger partial charge is 0.326 e. The molecule has 1 heterocycles. The van der Waals surface area contributed by atoms with Gasteiger partial charge in [0.15, 0.2) is 0 Å². The molecule has 5 heteroatoms. The molecule has 0 aliphatic carbocycles. The van der Waals surface area contributed by atoms with Gasteiger partial charge in [0, 0.05) is 23.9 Å². The van der Waals surface area contributed by atoms with Gasteiger partial charge in [-0.1, -0.05) is 54.6 Å². The Bertz CT molecular complexity index is 909. The van der Waals surface area contributed by atoms with E-state index >= 15 is 0 Å². The van der Waals surface area contributed by atoms with E-state index < -0.39 is 12.0 Å². The van der Waals surface area contributed by atoms with Crippen LogP contribution in [0.5, 0.6) is 0 Å². The van der Waals surface area contributed by atoms with Gasteiger partial charge in [-0.25, -0.2) is 4.79 Å². The highest BCUT2D eigenvalue weighted by molar-refractivity contribution is 5.84. The molecule has 0 unspecified atom stereocenters. The molecule has 2 aromatic carbocycles. The second-order valence-electron chi connectivity index (χ2n) is 6.14. The summed E-state index contributed by atoms with van der Waals surface area (Å²) in [7, 11) is 0. The highest BCUT2D eigenvalue weighted by Gasteiger charge is 2.21. The number of aliphatic carboxylic acids is 1. The van der Waals surface area contributed by atoms with E-state index in [1.165, 1.54) is 0 Å². The number of carbonyl (C=O) groups excluding carboxylic acids is 1. The molecule has 0 fully saturated rings. The van der Waals surface area contributed by atoms with Crippen LogP contribution < -0.4 is 5.32 Å². The van der Waals surface area contributed by atoms with Crippen molar-refractivity contribution in [3.8, 4) is 0 Å². The van der Waals surface area contributed by atoms with Crippen molar-refractivity contribution in [2.45, 2.75) is 25.3 Å². The third-order valence-corrected chi connectivity index (χ3v) is 4.19. The quantitative estimate of drug-likeness (QED) is 0.688. The zero-order valence-corrected chi connectivity index (χ0v) is 14.3. The molecule has 0 saturated carbocycles. The summed E-state index contributed by atoms with van der Waals surface area (Å²) in [6.07, 6.45) is 0.976. The number of pyridine rings is 1. The van der Waals surface area contributed by atoms with Crippen molar-refractivity contribution in [1.82, 2.24) is 10.3 Å². The maximum atomic E-state index is 12.1. The van der Waals surface area contributed by atoms with Crippen LogP contribution in [0.3, 0.4) is 0 Å². The lowest BCUT2D eigenvalue weighted by molar-refractivity contribution is -0.141. The molecule has 3 rings (SSSR count). The number of aromatic nitrogens is 1. The number of carbonyl (C=O) groups is 2. The lowest BCUT2D eigenvalue weighted by Gasteiger charge is -2.14. The van der Waals surface area contributed by atoms with Gasteiger partial charge in [0.05, 0.1) is 5.52 Å². The zero-order chi connectivity index (χ0) is 18.4. The van der Waals surface area contributed by atoms with E-state index in [9.17, 15) is 14.7 Å². The average Bonchev–Trinajstić information content (AvgIpc) is 2.66. The highest BCUT2D eigenvalue weighted by atomic mass is 16.4. The number of fused-ring (bicyclic) bond motifs is 1. The fourth-order valence-corrected chi connectivity index (χ4v) is 2.80. The number of nitrogens with one attached hydrogen (secondary N) is 1. The standard InChI is InChI=1S/C21H20N2O3/c24-20(13-10-15-6-2-1-3-7-15)23-19(21(25)26)14-17-12-11-16-8-4-5-9-18(16)22-17/h1-9,11-12,19H,10,13-14H2,(H,23,24)(H,25,26)/t19-/m0/s1. The van der Waals surface area contributed by atoms with Gasteiger partial charge in [0.2, 0.25) is 5.91 Å². The van der Waals surface area contributed by atoms with Crippen LogP contribution in [0.25, 0.3) is 10.9 Å². The van der Waals surface area contributed by atoms with Crippen LogP contribution in [-0.4, -0.2) is 28.0 Å². The monoisotopic (exact) mass is 348 g/mol. The molecule has 0 radical (unpaired) electrons. The second kappa shape index (κ2) is 8.25. The highest BCUT2D eigenvalue weighted by Crippen LogP contribution is 2.13. The van der Waals surface area contributed by atoms with Gasteiger partial charge in [0.1, 0.15) is 6.04 Å². The Morgan fingerprint density at radius 2 is 1.69 bits per heavy atom. The lowest BCUT2D eigenvalue weighted by Crippen LogP contribution is -2.42. The summed E-state index contributed by atoms with van der Waals surface area (Å²) in [6, 6.07) is 20.0. The molecule has 0 aliphatic heterocycles. The third kappa shape index (κ3) is 4.66. The normalized spacial score (nSPS) is 11.8. The largest absolute Gasteiger partial charge is 0.480 e. The number of benzene rings is 2. The summed E-state index contributed by atoms with van der Waals surface area (Å²) < 4.78 is 0. The molecule has 0 aliphatic rings. The predicted octanol–water partition coefficient (Wildman–Crippen LogP) is 2.98. The Morgan fingerprint density at radius 1 is 0.962 bits per heavy atom. The molecule has 26 heavy (non-hydrogen) atoms. The molecule has 132 valence electrons. The Kier molecular flexibility index (Phi) is 5.59. The van der Waals surface area contributed by atoms with Gasteiger partial charge >= 0.3 is 5.97 Å². The first kappa shape index (κ1) is 17.6. The fourth-order valence-electron chi connectivity index (χ4n) is 2.80. The fraction of sp³-hybridized carbons (Fsp3) is 0.190. The summed E-state index contributed by atoms with van der Waals surface area (Å²) in [6.45, 7) is 0. The van der Waals surface area contributed by atoms with Crippen LogP contribution >= 0.6 is 0 Å². The molecule has 2 N–H and O–H groups in total. The third-order valence-electron chi connectivity index (χ3n) is 4.19. The van der Waals surface area contributed by atoms with Crippen molar-refractivity contribution < 1.29 is 14.7 Å². The van der Waals surface area contributed by atoms with Crippen LogP contribution in [0.15, 0.2) is 66.7 Å². The molecule has 3 aromatic rings. The number of hydrogen-bond donors (Lipinski definition) is 2. The lowest BCUT2D eigenvalue weighted by atomic mass is 10.1. The Labute approximate surface area is 151 Å². The summed E-state index contributed by atoms with van der Waals surface area (Å²) >= 11 is 0. The van der Waals surface area contributed by atoms with Crippen molar-refractivity contribution in [3.63, 3.8) is 0 Å². The van der Waals surface area contributed by atoms with Crippen LogP contribution in [-0.2, 0) is 22.4 Å². The van der Waals surface area contributed by atoms with E-state index in [0.717, 1.165) is 16.5 Å². The zero-order valence-electron chi connectivity index (χ0n) is 14.3. The molecule has 1 amide bonds. The number of amides is 1. The first-order valence-corrected chi connectivity index (χ1v) is 8.52. The number of rotatable bonds is 7. The Hall–Kier alpha value is -3.21. The van der Waals surface area contributed by atoms with Gasteiger partial charge in [-0.3, -0.25) is 9.78 Å². The number of aryl methyl sites for hydroxylation is 1. The van der Waals surface area contributed by atoms with Gasteiger partial charge in [-0.15, -0.1) is 0 Å². The molecule has 0 saturated heterocycles. The topological polar surface area (TPSA) is 79.3 Å². The second-order valence-corrected chi connectivity index (χ2v) is 6.14. The molecular weight excluding hydrogens is 328 g/mol. The molecule has 0 bridgehead atoms. The maximum absolute atomic E-state index is 12.1. The molecule has 1 aromatic heterocycles. The van der Waals surface area contributed by atoms with E-state index in [0.29, 0.717) is 12.1 Å². The van der Waals surface area contributed by atoms with Gasteiger partial charge in [-0.05, 0) is 24.1 Å². The SMILES string of the molecule is O=C(CCc1ccccc1)N[C@@H](Cc1ccc2ccccc2n1)C(=O)O. The first-order chi connectivity index (χ1) is 12.6. The van der Waals surface area contributed by atoms with Crippen LogP contribution in [0.1, 0.15) is 17.7 Å². The molecule has 0 spiro atoms. The number of hydrogen-bond acceptors (Lipinski definition) is 3. The summed E-state index contributed by atoms with van der Waals surface area (Å²) in [5.41, 5.74) is 2.50. The number of nitrogens with zero attached hydrogens (tertiary/aromatic N) is 1. The van der Waals surface area contributed by atoms with Crippen molar-refractivity contribution >= 4 is 22.8 Å². The number of carboxylic acid groups (broad SMARTS) is 1. The van der Waals surface area contributed by atoms with Gasteiger partial charge < -0.3 is 10.4 Å². The van der Waals surface area contributed by atoms with Crippen LogP contribution in [0, 0.1) is 0 Å². The minimum atomic E-state index is -1.06. The predicted molar refractivity (Wildman–Crippen MR) is 99.8 cm³/mol. The van der Waals surface area contributed by atoms with E-state index in [-0.39, 0.29) is 18.7 Å². The molecule has 1 atom stereocenters. The summed E-state index contributed by atoms with van der Waals surface area (Å²) in [5, 5.41) is 13.0. The van der Waals surface area contributed by atoms with E-state index in [1.807, 2.05) is 60.7 Å². The summed E-state index contributed by atoms with van der Waals surface area (Å²) in [5.74, 6) is -1.34. The van der Waals surface area contributed by atoms with Crippen LogP contribution in [0.2, 0.25) is 0 Å². The van der Waals surface area contributed by atoms with Gasteiger partial charge in [-0.2, -0.15) is 0 Å². The van der Waals surface area contributed by atoms with Crippen molar-refractivity contribution in [1.29, 1.82) is 0 Å². The van der Waals surface area contributed by atoms with E-state index in [1.54, 1.807) is 6.07 Å². The van der Waals surface area contributed by atoms with Crippen molar-refractivity contribution in [2.24, 2.45) is 0 Å². The average molecular weight is 348 g/mol. The number of para-hydroxylation sites is 1.